The Morgan fingerprint density at radius 2 is 2.00 bits per heavy atom. The van der Waals surface area contributed by atoms with Crippen molar-refractivity contribution in [3.05, 3.63) is 0 Å². The van der Waals surface area contributed by atoms with Gasteiger partial charge in [-0.3, -0.25) is 0 Å². The highest BCUT2D eigenvalue weighted by molar-refractivity contribution is 5.85. The summed E-state index contributed by atoms with van der Waals surface area (Å²) in [5.41, 5.74) is 5.61. The van der Waals surface area contributed by atoms with Gasteiger partial charge in [0.1, 0.15) is 0 Å². The fraction of sp³-hybridized carbons (Fsp3) is 1.00. The first-order valence-corrected chi connectivity index (χ1v) is 3.67. The van der Waals surface area contributed by atoms with E-state index in [2.05, 4.69) is 6.92 Å². The van der Waals surface area contributed by atoms with Crippen molar-refractivity contribution < 1.29 is 5.11 Å². The lowest BCUT2D eigenvalue weighted by molar-refractivity contribution is 0.272. The molecule has 0 amide bonds. The van der Waals surface area contributed by atoms with Crippen molar-refractivity contribution in [3.63, 3.8) is 0 Å². The first-order chi connectivity index (χ1) is 4.31. The molecule has 0 saturated heterocycles. The van der Waals surface area contributed by atoms with Gasteiger partial charge in [0.2, 0.25) is 0 Å². The van der Waals surface area contributed by atoms with E-state index in [1.807, 2.05) is 0 Å². The summed E-state index contributed by atoms with van der Waals surface area (Å²) in [6.45, 7) is 2.37. The van der Waals surface area contributed by atoms with Crippen LogP contribution in [0.25, 0.3) is 0 Å². The minimum atomic E-state index is 0. The highest BCUT2D eigenvalue weighted by Crippen LogP contribution is 2.00. The Balaban J connectivity index is 0. The van der Waals surface area contributed by atoms with E-state index in [4.69, 9.17) is 10.8 Å². The third-order valence-corrected chi connectivity index (χ3v) is 1.43. The van der Waals surface area contributed by atoms with Crippen molar-refractivity contribution in [2.45, 2.75) is 38.6 Å². The predicted octanol–water partition coefficient (Wildman–Crippen LogP) is 1.31. The second-order valence-electron chi connectivity index (χ2n) is 2.41. The molecule has 0 bridgehead atoms. The monoisotopic (exact) mass is 167 g/mol. The molecule has 0 radical (unpaired) electrons. The van der Waals surface area contributed by atoms with E-state index >= 15 is 0 Å². The topological polar surface area (TPSA) is 46.2 Å². The van der Waals surface area contributed by atoms with Gasteiger partial charge in [0.05, 0.1) is 0 Å². The largest absolute Gasteiger partial charge is 0.396 e. The Bertz CT molecular complexity index is 61.6. The number of aliphatic hydroxyl groups is 1. The predicted molar refractivity (Wildman–Crippen MR) is 46.5 cm³/mol. The number of hydrogen-bond acceptors (Lipinski definition) is 2. The molecule has 3 N–H and O–H groups in total. The van der Waals surface area contributed by atoms with Gasteiger partial charge >= 0.3 is 0 Å². The summed E-state index contributed by atoms with van der Waals surface area (Å²) in [6, 6.07) is 0.218. The molecule has 0 aromatic carbocycles. The van der Waals surface area contributed by atoms with Gasteiger partial charge in [0.25, 0.3) is 0 Å². The van der Waals surface area contributed by atoms with Crippen LogP contribution in [0.1, 0.15) is 32.6 Å². The molecule has 0 saturated carbocycles. The van der Waals surface area contributed by atoms with E-state index in [1.54, 1.807) is 0 Å². The molecule has 0 aliphatic rings. The zero-order chi connectivity index (χ0) is 7.11. The Kier molecular flexibility index (Phi) is 11.8. The molecule has 64 valence electrons. The highest BCUT2D eigenvalue weighted by Gasteiger charge is 1.98. The van der Waals surface area contributed by atoms with Crippen LogP contribution in [0, 0.1) is 0 Å². The number of halogens is 1. The zero-order valence-electron chi connectivity index (χ0n) is 6.55. The summed E-state index contributed by atoms with van der Waals surface area (Å²) in [5, 5.41) is 8.46. The van der Waals surface area contributed by atoms with Crippen LogP contribution in [0.5, 0.6) is 0 Å². The molecule has 0 aliphatic carbocycles. The molecule has 0 spiro atoms. The van der Waals surface area contributed by atoms with E-state index in [0.717, 1.165) is 12.8 Å². The van der Waals surface area contributed by atoms with E-state index in [0.29, 0.717) is 0 Å². The summed E-state index contributed by atoms with van der Waals surface area (Å²) in [7, 11) is 0. The Morgan fingerprint density at radius 3 is 2.40 bits per heavy atom. The van der Waals surface area contributed by atoms with Crippen LogP contribution >= 0.6 is 12.4 Å². The third kappa shape index (κ3) is 8.21. The number of nitrogens with two attached hydrogens (primary N) is 1. The van der Waals surface area contributed by atoms with Crippen LogP contribution in [-0.4, -0.2) is 17.8 Å². The molecule has 0 aliphatic heterocycles. The van der Waals surface area contributed by atoms with Gasteiger partial charge in [-0.25, -0.2) is 0 Å². The van der Waals surface area contributed by atoms with Crippen molar-refractivity contribution in [2.24, 2.45) is 5.73 Å². The Hall–Kier alpha value is 0.210. The van der Waals surface area contributed by atoms with E-state index < -0.39 is 0 Å². The smallest absolute Gasteiger partial charge is 0.0445 e. The first-order valence-electron chi connectivity index (χ1n) is 3.67. The fourth-order valence-corrected chi connectivity index (χ4v) is 0.776. The van der Waals surface area contributed by atoms with Crippen LogP contribution in [0.3, 0.4) is 0 Å². The van der Waals surface area contributed by atoms with Crippen molar-refractivity contribution in [1.29, 1.82) is 0 Å². The minimum absolute atomic E-state index is 0. The van der Waals surface area contributed by atoms with Gasteiger partial charge in [-0.05, 0) is 12.8 Å². The van der Waals surface area contributed by atoms with E-state index in [1.165, 1.54) is 12.8 Å². The standard InChI is InChI=1S/C7H17NO.ClH/c1-2-3-4-7(8)5-6-9;/h7,9H,2-6,8H2,1H3;1H/t7-;/m0./s1. The number of aliphatic hydroxyl groups excluding tert-OH is 1. The Morgan fingerprint density at radius 1 is 1.40 bits per heavy atom. The molecule has 0 aromatic rings. The summed E-state index contributed by atoms with van der Waals surface area (Å²) in [5.74, 6) is 0. The van der Waals surface area contributed by atoms with Crippen LogP contribution in [-0.2, 0) is 0 Å². The minimum Gasteiger partial charge on any atom is -0.396 e. The van der Waals surface area contributed by atoms with Crippen molar-refractivity contribution in [3.8, 4) is 0 Å². The van der Waals surface area contributed by atoms with Gasteiger partial charge in [-0.1, -0.05) is 19.8 Å². The maximum atomic E-state index is 8.46. The number of rotatable bonds is 5. The zero-order valence-corrected chi connectivity index (χ0v) is 7.36. The average molecular weight is 168 g/mol. The molecule has 0 rings (SSSR count). The number of hydrogen-bond donors (Lipinski definition) is 2. The first kappa shape index (κ1) is 12.8. The quantitative estimate of drug-likeness (QED) is 0.649. The summed E-state index contributed by atoms with van der Waals surface area (Å²) < 4.78 is 0. The molecule has 0 fully saturated rings. The molecule has 1 atom stereocenters. The molecule has 10 heavy (non-hydrogen) atoms. The molecule has 2 nitrogen and oxygen atoms in total. The van der Waals surface area contributed by atoms with Crippen LogP contribution in [0.4, 0.5) is 0 Å². The maximum absolute atomic E-state index is 8.46. The summed E-state index contributed by atoms with van der Waals surface area (Å²) >= 11 is 0. The lowest BCUT2D eigenvalue weighted by Crippen LogP contribution is -2.20. The maximum Gasteiger partial charge on any atom is 0.0445 e. The SMILES string of the molecule is CCCC[C@H](N)CCO.Cl. The average Bonchev–Trinajstić information content (AvgIpc) is 1.85. The van der Waals surface area contributed by atoms with E-state index in [9.17, 15) is 0 Å². The van der Waals surface area contributed by atoms with Crippen molar-refractivity contribution >= 4 is 12.4 Å². The normalized spacial score (nSPS) is 12.3. The van der Waals surface area contributed by atoms with Crippen LogP contribution < -0.4 is 5.73 Å². The Labute approximate surface area is 69.2 Å². The molecule has 0 aromatic heterocycles. The van der Waals surface area contributed by atoms with Gasteiger partial charge in [-0.2, -0.15) is 0 Å². The van der Waals surface area contributed by atoms with Crippen molar-refractivity contribution in [2.75, 3.05) is 6.61 Å². The molecule has 0 heterocycles. The van der Waals surface area contributed by atoms with Crippen LogP contribution in [0.2, 0.25) is 0 Å². The fourth-order valence-electron chi connectivity index (χ4n) is 0.776. The van der Waals surface area contributed by atoms with Gasteiger partial charge < -0.3 is 10.8 Å². The van der Waals surface area contributed by atoms with Gasteiger partial charge in [0, 0.05) is 12.6 Å². The van der Waals surface area contributed by atoms with Crippen LogP contribution in [0.15, 0.2) is 0 Å². The molecule has 0 unspecified atom stereocenters. The lowest BCUT2D eigenvalue weighted by atomic mass is 10.1. The van der Waals surface area contributed by atoms with Gasteiger partial charge in [0.15, 0.2) is 0 Å². The van der Waals surface area contributed by atoms with E-state index in [-0.39, 0.29) is 25.1 Å². The van der Waals surface area contributed by atoms with Crippen molar-refractivity contribution in [1.82, 2.24) is 0 Å². The molecular weight excluding hydrogens is 150 g/mol. The second-order valence-corrected chi connectivity index (χ2v) is 2.41. The molecule has 3 heteroatoms. The summed E-state index contributed by atoms with van der Waals surface area (Å²) in [4.78, 5) is 0. The molecular formula is C7H18ClNO. The third-order valence-electron chi connectivity index (χ3n) is 1.43. The highest BCUT2D eigenvalue weighted by atomic mass is 35.5. The van der Waals surface area contributed by atoms with Gasteiger partial charge in [-0.15, -0.1) is 12.4 Å². The lowest BCUT2D eigenvalue weighted by Gasteiger charge is -2.06. The number of unbranched alkanes of at least 4 members (excludes halogenated alkanes) is 1. The second kappa shape index (κ2) is 9.21. The summed E-state index contributed by atoms with van der Waals surface area (Å²) in [6.07, 6.45) is 4.18.